The molecule has 0 heterocycles. The average molecular weight is 229 g/mol. The second-order valence-electron chi connectivity index (χ2n) is 5.07. The summed E-state index contributed by atoms with van der Waals surface area (Å²) in [6.07, 6.45) is 9.89. The van der Waals surface area contributed by atoms with Crippen molar-refractivity contribution in [2.75, 3.05) is 0 Å². The topological polar surface area (TPSA) is 12.4 Å². The number of hydrogen-bond donors (Lipinski definition) is 0. The second kappa shape index (κ2) is 6.00. The molecule has 1 fully saturated rings. The van der Waals surface area contributed by atoms with Crippen LogP contribution in [0.4, 0.5) is 0 Å². The maximum Gasteiger partial charge on any atom is 0.0499 e. The summed E-state index contributed by atoms with van der Waals surface area (Å²) >= 11 is 0. The SMILES string of the molecule is CCc1c(C)cccc1C=NC1CCCCC1. The van der Waals surface area contributed by atoms with Gasteiger partial charge in [0.2, 0.25) is 0 Å². The average Bonchev–Trinajstić information content (AvgIpc) is 2.37. The molecular weight excluding hydrogens is 206 g/mol. The van der Waals surface area contributed by atoms with Crippen LogP contribution in [0.2, 0.25) is 0 Å². The van der Waals surface area contributed by atoms with Crippen molar-refractivity contribution in [1.82, 2.24) is 0 Å². The fourth-order valence-electron chi connectivity index (χ4n) is 2.74. The van der Waals surface area contributed by atoms with E-state index in [1.165, 1.54) is 48.8 Å². The lowest BCUT2D eigenvalue weighted by atomic mass is 9.96. The molecule has 92 valence electrons. The first-order chi connectivity index (χ1) is 8.31. The Bertz CT molecular complexity index is 387. The molecule has 1 aliphatic rings. The van der Waals surface area contributed by atoms with Crippen molar-refractivity contribution in [3.05, 3.63) is 34.9 Å². The molecule has 0 aromatic heterocycles. The molecule has 1 saturated carbocycles. The van der Waals surface area contributed by atoms with E-state index in [1.54, 1.807) is 0 Å². The molecule has 0 aliphatic heterocycles. The minimum absolute atomic E-state index is 0.578. The van der Waals surface area contributed by atoms with Gasteiger partial charge in [-0.1, -0.05) is 44.4 Å². The van der Waals surface area contributed by atoms with Crippen molar-refractivity contribution >= 4 is 6.21 Å². The Kier molecular flexibility index (Phi) is 4.36. The molecule has 0 bridgehead atoms. The van der Waals surface area contributed by atoms with E-state index < -0.39 is 0 Å². The van der Waals surface area contributed by atoms with Crippen molar-refractivity contribution in [2.24, 2.45) is 4.99 Å². The van der Waals surface area contributed by atoms with Gasteiger partial charge in [-0.2, -0.15) is 0 Å². The third-order valence-electron chi connectivity index (χ3n) is 3.80. The van der Waals surface area contributed by atoms with E-state index in [-0.39, 0.29) is 0 Å². The van der Waals surface area contributed by atoms with Gasteiger partial charge < -0.3 is 0 Å². The molecule has 1 aliphatic carbocycles. The largest absolute Gasteiger partial charge is 0.289 e. The van der Waals surface area contributed by atoms with Gasteiger partial charge in [-0.3, -0.25) is 4.99 Å². The monoisotopic (exact) mass is 229 g/mol. The normalized spacial score (nSPS) is 17.8. The van der Waals surface area contributed by atoms with Crippen molar-refractivity contribution in [1.29, 1.82) is 0 Å². The summed E-state index contributed by atoms with van der Waals surface area (Å²) < 4.78 is 0. The molecule has 0 N–H and O–H groups in total. The van der Waals surface area contributed by atoms with Gasteiger partial charge in [-0.05, 0) is 42.9 Å². The van der Waals surface area contributed by atoms with E-state index >= 15 is 0 Å². The van der Waals surface area contributed by atoms with E-state index in [4.69, 9.17) is 4.99 Å². The maximum atomic E-state index is 4.78. The molecule has 1 heteroatoms. The van der Waals surface area contributed by atoms with E-state index in [9.17, 15) is 0 Å². The highest BCUT2D eigenvalue weighted by Crippen LogP contribution is 2.20. The highest BCUT2D eigenvalue weighted by Gasteiger charge is 2.11. The summed E-state index contributed by atoms with van der Waals surface area (Å²) in [5.41, 5.74) is 4.16. The Morgan fingerprint density at radius 1 is 1.24 bits per heavy atom. The molecule has 0 unspecified atom stereocenters. The summed E-state index contributed by atoms with van der Waals surface area (Å²) in [6.45, 7) is 4.41. The van der Waals surface area contributed by atoms with Gasteiger partial charge in [0, 0.05) is 12.3 Å². The quantitative estimate of drug-likeness (QED) is 0.685. The smallest absolute Gasteiger partial charge is 0.0499 e. The lowest BCUT2D eigenvalue weighted by molar-refractivity contribution is 0.444. The first-order valence-electron chi connectivity index (χ1n) is 6.93. The molecular formula is C16H23N. The minimum Gasteiger partial charge on any atom is -0.289 e. The zero-order valence-corrected chi connectivity index (χ0v) is 11.1. The van der Waals surface area contributed by atoms with Crippen LogP contribution in [0.1, 0.15) is 55.7 Å². The predicted octanol–water partition coefficient (Wildman–Crippen LogP) is 4.31. The van der Waals surface area contributed by atoms with Crippen LogP contribution in [0.3, 0.4) is 0 Å². The molecule has 1 aromatic rings. The number of rotatable bonds is 3. The summed E-state index contributed by atoms with van der Waals surface area (Å²) in [5, 5.41) is 0. The molecule has 1 aromatic carbocycles. The standard InChI is InChI=1S/C16H23N/c1-3-16-13(2)8-7-9-14(16)12-17-15-10-5-4-6-11-15/h7-9,12,15H,3-6,10-11H2,1-2H3. The lowest BCUT2D eigenvalue weighted by Crippen LogP contribution is -2.10. The molecule has 2 rings (SSSR count). The summed E-state index contributed by atoms with van der Waals surface area (Å²) in [5.74, 6) is 0. The van der Waals surface area contributed by atoms with Crippen LogP contribution < -0.4 is 0 Å². The molecule has 0 spiro atoms. The third kappa shape index (κ3) is 3.18. The fourth-order valence-corrected chi connectivity index (χ4v) is 2.74. The molecule has 1 nitrogen and oxygen atoms in total. The van der Waals surface area contributed by atoms with Crippen LogP contribution in [-0.4, -0.2) is 12.3 Å². The molecule has 0 radical (unpaired) electrons. The Hall–Kier alpha value is -1.11. The van der Waals surface area contributed by atoms with Gasteiger partial charge in [-0.15, -0.1) is 0 Å². The molecule has 0 amide bonds. The first-order valence-corrected chi connectivity index (χ1v) is 6.93. The number of benzene rings is 1. The van der Waals surface area contributed by atoms with Crippen molar-refractivity contribution < 1.29 is 0 Å². The van der Waals surface area contributed by atoms with Crippen LogP contribution in [-0.2, 0) is 6.42 Å². The van der Waals surface area contributed by atoms with Gasteiger partial charge in [-0.25, -0.2) is 0 Å². The molecule has 0 saturated heterocycles. The molecule has 0 atom stereocenters. The van der Waals surface area contributed by atoms with Gasteiger partial charge in [0.1, 0.15) is 0 Å². The van der Waals surface area contributed by atoms with Crippen molar-refractivity contribution in [3.63, 3.8) is 0 Å². The predicted molar refractivity (Wildman–Crippen MR) is 75.0 cm³/mol. The Morgan fingerprint density at radius 2 is 2.00 bits per heavy atom. The number of hydrogen-bond acceptors (Lipinski definition) is 1. The van der Waals surface area contributed by atoms with Gasteiger partial charge >= 0.3 is 0 Å². The van der Waals surface area contributed by atoms with Crippen molar-refractivity contribution in [3.8, 4) is 0 Å². The zero-order chi connectivity index (χ0) is 12.1. The zero-order valence-electron chi connectivity index (χ0n) is 11.1. The summed E-state index contributed by atoms with van der Waals surface area (Å²) in [6, 6.07) is 7.10. The Morgan fingerprint density at radius 3 is 2.71 bits per heavy atom. The van der Waals surface area contributed by atoms with E-state index in [0.717, 1.165) is 6.42 Å². The number of nitrogens with zero attached hydrogens (tertiary/aromatic N) is 1. The fraction of sp³-hybridized carbons (Fsp3) is 0.562. The van der Waals surface area contributed by atoms with Gasteiger partial charge in [0.25, 0.3) is 0 Å². The van der Waals surface area contributed by atoms with Gasteiger partial charge in [0.15, 0.2) is 0 Å². The number of aliphatic imine (C=N–C) groups is 1. The van der Waals surface area contributed by atoms with E-state index in [2.05, 4.69) is 38.3 Å². The van der Waals surface area contributed by atoms with Crippen molar-refractivity contribution in [2.45, 2.75) is 58.4 Å². The van der Waals surface area contributed by atoms with Crippen LogP contribution in [0.25, 0.3) is 0 Å². The van der Waals surface area contributed by atoms with E-state index in [1.807, 2.05) is 0 Å². The van der Waals surface area contributed by atoms with Gasteiger partial charge in [0.05, 0.1) is 0 Å². The van der Waals surface area contributed by atoms with Crippen LogP contribution in [0, 0.1) is 6.92 Å². The van der Waals surface area contributed by atoms with Crippen LogP contribution >= 0.6 is 0 Å². The highest BCUT2D eigenvalue weighted by molar-refractivity contribution is 5.82. The second-order valence-corrected chi connectivity index (χ2v) is 5.07. The van der Waals surface area contributed by atoms with Crippen LogP contribution in [0.15, 0.2) is 23.2 Å². The lowest BCUT2D eigenvalue weighted by Gasteiger charge is -2.17. The third-order valence-corrected chi connectivity index (χ3v) is 3.80. The molecule has 17 heavy (non-hydrogen) atoms. The summed E-state index contributed by atoms with van der Waals surface area (Å²) in [4.78, 5) is 4.78. The van der Waals surface area contributed by atoms with E-state index in [0.29, 0.717) is 6.04 Å². The Labute approximate surface area is 105 Å². The minimum atomic E-state index is 0.578. The first kappa shape index (κ1) is 12.3. The maximum absolute atomic E-state index is 4.78. The number of aryl methyl sites for hydroxylation is 1. The Balaban J connectivity index is 2.11. The highest BCUT2D eigenvalue weighted by atomic mass is 14.8. The summed E-state index contributed by atoms with van der Waals surface area (Å²) in [7, 11) is 0. The van der Waals surface area contributed by atoms with Crippen LogP contribution in [0.5, 0.6) is 0 Å².